The van der Waals surface area contributed by atoms with Crippen LogP contribution in [0, 0.1) is 10.1 Å². The van der Waals surface area contributed by atoms with Gasteiger partial charge >= 0.3 is 6.18 Å². The lowest BCUT2D eigenvalue weighted by molar-refractivity contribution is -0.548. The summed E-state index contributed by atoms with van der Waals surface area (Å²) in [6.45, 7) is 2.72. The second-order valence-electron chi connectivity index (χ2n) is 7.50. The Kier molecular flexibility index (Phi) is 6.14. The number of carbonyl (C=O) groups is 1. The van der Waals surface area contributed by atoms with Gasteiger partial charge in [0, 0.05) is 35.7 Å². The number of nitrogens with zero attached hydrogens (tertiary/aromatic N) is 2. The number of alkyl halides is 3. The lowest BCUT2D eigenvalue weighted by atomic mass is 9.81. The quantitative estimate of drug-likeness (QED) is 0.414. The summed E-state index contributed by atoms with van der Waals surface area (Å²) in [5, 5.41) is 11.7. The van der Waals surface area contributed by atoms with Gasteiger partial charge < -0.3 is 9.64 Å². The Bertz CT molecular complexity index is 803. The number of nitro groups is 1. The third kappa shape index (κ3) is 4.71. The number of allylic oxidation sites excluding steroid dienone is 2. The van der Waals surface area contributed by atoms with E-state index < -0.39 is 29.2 Å². The molecule has 9 heteroatoms. The third-order valence-electron chi connectivity index (χ3n) is 5.42. The highest BCUT2D eigenvalue weighted by atomic mass is 19.4. The molecule has 0 aliphatic carbocycles. The summed E-state index contributed by atoms with van der Waals surface area (Å²) < 4.78 is 45.9. The average Bonchev–Trinajstić information content (AvgIpc) is 2.66. The molecule has 0 saturated carbocycles. The molecule has 158 valence electrons. The van der Waals surface area contributed by atoms with E-state index in [2.05, 4.69) is 0 Å². The Morgan fingerprint density at radius 1 is 1.28 bits per heavy atom. The van der Waals surface area contributed by atoms with Crippen molar-refractivity contribution in [2.45, 2.75) is 56.8 Å². The molecule has 2 heterocycles. The number of likely N-dealkylation sites (tertiary alicyclic amines) is 1. The van der Waals surface area contributed by atoms with E-state index in [1.54, 1.807) is 12.1 Å². The Hall–Kier alpha value is -2.58. The fourth-order valence-corrected chi connectivity index (χ4v) is 4.16. The van der Waals surface area contributed by atoms with Gasteiger partial charge in [0.15, 0.2) is 5.78 Å². The van der Waals surface area contributed by atoms with Crippen LogP contribution in [0.3, 0.4) is 0 Å². The molecular weight excluding hydrogens is 389 g/mol. The van der Waals surface area contributed by atoms with Crippen LogP contribution in [0.15, 0.2) is 36.0 Å². The van der Waals surface area contributed by atoms with Gasteiger partial charge in [0.05, 0.1) is 5.92 Å². The summed E-state index contributed by atoms with van der Waals surface area (Å²) in [5.41, 5.74) is 0.910. The Morgan fingerprint density at radius 3 is 2.52 bits per heavy atom. The number of ether oxygens (including phenoxy) is 1. The molecule has 0 N–H and O–H groups in total. The van der Waals surface area contributed by atoms with Crippen molar-refractivity contribution in [2.24, 2.45) is 0 Å². The van der Waals surface area contributed by atoms with Gasteiger partial charge in [-0.05, 0) is 38.3 Å². The molecule has 1 saturated heterocycles. The zero-order chi connectivity index (χ0) is 21.2. The van der Waals surface area contributed by atoms with Crippen molar-refractivity contribution >= 4 is 5.78 Å². The molecule has 0 bridgehead atoms. The fourth-order valence-electron chi connectivity index (χ4n) is 4.16. The van der Waals surface area contributed by atoms with Gasteiger partial charge in [-0.3, -0.25) is 14.9 Å². The highest BCUT2D eigenvalue weighted by Gasteiger charge is 2.59. The Morgan fingerprint density at radius 2 is 1.93 bits per heavy atom. The van der Waals surface area contributed by atoms with E-state index in [0.717, 1.165) is 19.3 Å². The first-order valence-electron chi connectivity index (χ1n) is 9.60. The van der Waals surface area contributed by atoms with E-state index in [9.17, 15) is 28.1 Å². The summed E-state index contributed by atoms with van der Waals surface area (Å²) in [6, 6.07) is 4.12. The molecule has 3 rings (SSSR count). The van der Waals surface area contributed by atoms with Crippen molar-refractivity contribution in [3.63, 3.8) is 0 Å². The number of rotatable bonds is 5. The predicted octanol–water partition coefficient (Wildman–Crippen LogP) is 4.09. The molecule has 2 aliphatic rings. The summed E-state index contributed by atoms with van der Waals surface area (Å²) in [4.78, 5) is 24.6. The van der Waals surface area contributed by atoms with Gasteiger partial charge in [0.1, 0.15) is 5.75 Å². The fraction of sp³-hybridized carbons (Fsp3) is 0.550. The summed E-state index contributed by atoms with van der Waals surface area (Å²) in [6.07, 6.45) is -3.22. The maximum absolute atomic E-state index is 13.6. The molecule has 6 nitrogen and oxygen atoms in total. The van der Waals surface area contributed by atoms with Crippen LogP contribution in [0.5, 0.6) is 5.75 Å². The molecule has 0 amide bonds. The molecule has 29 heavy (non-hydrogen) atoms. The summed E-state index contributed by atoms with van der Waals surface area (Å²) in [7, 11) is 0. The first-order chi connectivity index (χ1) is 13.7. The van der Waals surface area contributed by atoms with Gasteiger partial charge in [-0.2, -0.15) is 13.2 Å². The van der Waals surface area contributed by atoms with Crippen molar-refractivity contribution in [3.8, 4) is 5.75 Å². The molecule has 0 radical (unpaired) electrons. The molecule has 0 spiro atoms. The van der Waals surface area contributed by atoms with Gasteiger partial charge in [0.25, 0.3) is 12.1 Å². The van der Waals surface area contributed by atoms with Crippen molar-refractivity contribution < 1.29 is 27.6 Å². The SMILES string of the molecule is CC(=O)/C=C(\C[C@@H]1c2ccccc2O[C@@H](C(F)(F)F)[C@H]1[N+](=O)[O-])N1CCCCC1. The normalized spacial score (nSPS) is 25.2. The van der Waals surface area contributed by atoms with Gasteiger partial charge in [-0.1, -0.05) is 18.2 Å². The number of benzene rings is 1. The smallest absolute Gasteiger partial charge is 0.432 e. The second kappa shape index (κ2) is 8.42. The van der Waals surface area contributed by atoms with Crippen LogP contribution in [0.25, 0.3) is 0 Å². The van der Waals surface area contributed by atoms with Crippen molar-refractivity contribution in [1.82, 2.24) is 4.90 Å². The molecule has 1 aromatic rings. The van der Waals surface area contributed by atoms with E-state index in [-0.39, 0.29) is 18.0 Å². The van der Waals surface area contributed by atoms with Crippen molar-refractivity contribution in [3.05, 3.63) is 51.7 Å². The van der Waals surface area contributed by atoms with Gasteiger partial charge in [-0.25, -0.2) is 0 Å². The number of hydrogen-bond acceptors (Lipinski definition) is 5. The van der Waals surface area contributed by atoms with Crippen molar-refractivity contribution in [1.29, 1.82) is 0 Å². The van der Waals surface area contributed by atoms with Crippen LogP contribution in [0.1, 0.15) is 44.1 Å². The van der Waals surface area contributed by atoms with Gasteiger partial charge in [0.2, 0.25) is 0 Å². The monoisotopic (exact) mass is 412 g/mol. The minimum absolute atomic E-state index is 0.00116. The number of hydrogen-bond donors (Lipinski definition) is 0. The highest BCUT2D eigenvalue weighted by molar-refractivity contribution is 5.87. The van der Waals surface area contributed by atoms with Crippen LogP contribution in [-0.2, 0) is 4.79 Å². The van der Waals surface area contributed by atoms with E-state index >= 15 is 0 Å². The standard InChI is InChI=1S/C20H23F3N2O4/c1-13(26)11-14(24-9-5-2-6-10-24)12-16-15-7-3-4-8-17(15)29-19(20(21,22)23)18(16)25(27)28/h3-4,7-8,11,16,18-19H,2,5-6,9-10,12H2,1H3/b14-11+/t16-,18+,19-/m1/s1. The first-order valence-corrected chi connectivity index (χ1v) is 9.60. The number of para-hydroxylation sites is 1. The molecule has 1 fully saturated rings. The summed E-state index contributed by atoms with van der Waals surface area (Å²) >= 11 is 0. The lowest BCUT2D eigenvalue weighted by Gasteiger charge is -2.38. The zero-order valence-corrected chi connectivity index (χ0v) is 16.0. The Balaban J connectivity index is 2.04. The number of fused-ring (bicyclic) bond motifs is 1. The van der Waals surface area contributed by atoms with Crippen LogP contribution in [-0.4, -0.2) is 47.0 Å². The minimum Gasteiger partial charge on any atom is -0.473 e. The van der Waals surface area contributed by atoms with E-state index in [0.29, 0.717) is 24.4 Å². The molecular formula is C20H23F3N2O4. The van der Waals surface area contributed by atoms with Crippen molar-refractivity contribution in [2.75, 3.05) is 13.1 Å². The van der Waals surface area contributed by atoms with Crippen LogP contribution in [0.4, 0.5) is 13.2 Å². The molecule has 2 aliphatic heterocycles. The van der Waals surface area contributed by atoms with E-state index in [1.165, 1.54) is 25.1 Å². The second-order valence-corrected chi connectivity index (χ2v) is 7.50. The molecule has 1 aromatic carbocycles. The topological polar surface area (TPSA) is 72.7 Å². The lowest BCUT2D eigenvalue weighted by Crippen LogP contribution is -2.53. The maximum Gasteiger partial charge on any atom is 0.432 e. The minimum atomic E-state index is -4.89. The summed E-state index contributed by atoms with van der Waals surface area (Å²) in [5.74, 6) is -1.30. The van der Waals surface area contributed by atoms with Crippen LogP contribution in [0.2, 0.25) is 0 Å². The average molecular weight is 412 g/mol. The maximum atomic E-state index is 13.6. The van der Waals surface area contributed by atoms with Crippen LogP contribution < -0.4 is 4.74 Å². The predicted molar refractivity (Wildman–Crippen MR) is 99.2 cm³/mol. The number of halogens is 3. The molecule has 0 aromatic heterocycles. The van der Waals surface area contributed by atoms with E-state index in [4.69, 9.17) is 4.74 Å². The molecule has 0 unspecified atom stereocenters. The first kappa shape index (κ1) is 21.1. The molecule has 3 atom stereocenters. The number of ketones is 1. The van der Waals surface area contributed by atoms with E-state index in [1.807, 2.05) is 4.90 Å². The van der Waals surface area contributed by atoms with Crippen LogP contribution >= 0.6 is 0 Å². The zero-order valence-electron chi connectivity index (χ0n) is 16.0. The van der Waals surface area contributed by atoms with Gasteiger partial charge in [-0.15, -0.1) is 0 Å². The number of piperidine rings is 1. The largest absolute Gasteiger partial charge is 0.473 e. The number of carbonyl (C=O) groups excluding carboxylic acids is 1. The Labute approximate surface area is 166 Å². The highest BCUT2D eigenvalue weighted by Crippen LogP contribution is 2.45. The third-order valence-corrected chi connectivity index (χ3v) is 5.42.